The van der Waals surface area contributed by atoms with Crippen LogP contribution in [0.1, 0.15) is 33.6 Å². The van der Waals surface area contributed by atoms with Crippen LogP contribution in [0.4, 0.5) is 0 Å². The van der Waals surface area contributed by atoms with Crippen molar-refractivity contribution in [2.75, 3.05) is 6.54 Å². The van der Waals surface area contributed by atoms with Crippen molar-refractivity contribution < 1.29 is 9.84 Å². The van der Waals surface area contributed by atoms with Crippen LogP contribution in [0.2, 0.25) is 0 Å². The molecule has 0 radical (unpaired) electrons. The largest absolute Gasteiger partial charge is 0.389 e. The Bertz CT molecular complexity index is 162. The minimum absolute atomic E-state index is 0.141. The average Bonchev–Trinajstić information content (AvgIpc) is 2.00. The number of nitrogens with two attached hydrogens (primary N) is 1. The molecule has 3 N–H and O–H groups in total. The predicted molar refractivity (Wildman–Crippen MR) is 52.4 cm³/mol. The Hall–Kier alpha value is -0.120. The monoisotopic (exact) mass is 187 g/mol. The summed E-state index contributed by atoms with van der Waals surface area (Å²) in [6.45, 7) is 6.55. The Morgan fingerprint density at radius 3 is 2.31 bits per heavy atom. The Labute approximate surface area is 80.3 Å². The van der Waals surface area contributed by atoms with Gasteiger partial charge in [0, 0.05) is 12.8 Å². The van der Waals surface area contributed by atoms with Gasteiger partial charge in [-0.2, -0.15) is 0 Å². The van der Waals surface area contributed by atoms with E-state index >= 15 is 0 Å². The predicted octanol–water partition coefficient (Wildman–Crippen LogP) is 0.900. The van der Waals surface area contributed by atoms with Gasteiger partial charge in [-0.15, -0.1) is 0 Å². The molecule has 0 aliphatic carbocycles. The summed E-state index contributed by atoms with van der Waals surface area (Å²) in [5, 5.41) is 10.3. The lowest BCUT2D eigenvalue weighted by atomic mass is 9.78. The van der Waals surface area contributed by atoms with E-state index in [0.29, 0.717) is 19.4 Å². The van der Waals surface area contributed by atoms with Gasteiger partial charge in [-0.1, -0.05) is 6.92 Å². The number of hydrogen-bond donors (Lipinski definition) is 2. The Kier molecular flexibility index (Phi) is 3.33. The van der Waals surface area contributed by atoms with Crippen LogP contribution in [0.25, 0.3) is 0 Å². The molecular formula is C10H21NO2. The summed E-state index contributed by atoms with van der Waals surface area (Å²) in [4.78, 5) is 0. The molecule has 13 heavy (non-hydrogen) atoms. The van der Waals surface area contributed by atoms with Crippen molar-refractivity contribution in [2.24, 2.45) is 11.7 Å². The summed E-state index contributed by atoms with van der Waals surface area (Å²) in [5.41, 5.74) is 4.96. The minimum atomic E-state index is -0.619. The van der Waals surface area contributed by atoms with Crippen LogP contribution in [-0.2, 0) is 4.74 Å². The van der Waals surface area contributed by atoms with Crippen molar-refractivity contribution in [3.8, 4) is 0 Å². The lowest BCUT2D eigenvalue weighted by Crippen LogP contribution is -2.49. The van der Waals surface area contributed by atoms with E-state index in [1.165, 1.54) is 0 Å². The van der Waals surface area contributed by atoms with E-state index in [1.54, 1.807) is 0 Å². The second-order valence-corrected chi connectivity index (χ2v) is 4.41. The fraction of sp³-hybridized carbons (Fsp3) is 1.00. The Morgan fingerprint density at radius 1 is 1.46 bits per heavy atom. The number of rotatable bonds is 2. The topological polar surface area (TPSA) is 55.5 Å². The van der Waals surface area contributed by atoms with E-state index in [2.05, 4.69) is 0 Å². The fourth-order valence-corrected chi connectivity index (χ4v) is 2.19. The van der Waals surface area contributed by atoms with E-state index in [9.17, 15) is 5.11 Å². The van der Waals surface area contributed by atoms with Gasteiger partial charge in [-0.3, -0.25) is 0 Å². The van der Waals surface area contributed by atoms with E-state index < -0.39 is 5.60 Å². The van der Waals surface area contributed by atoms with Crippen LogP contribution in [0.3, 0.4) is 0 Å². The lowest BCUT2D eigenvalue weighted by molar-refractivity contribution is -0.151. The second-order valence-electron chi connectivity index (χ2n) is 4.41. The van der Waals surface area contributed by atoms with Gasteiger partial charge < -0.3 is 15.6 Å². The highest BCUT2D eigenvalue weighted by Gasteiger charge is 2.40. The zero-order chi connectivity index (χ0) is 10.1. The normalized spacial score (nSPS) is 43.2. The van der Waals surface area contributed by atoms with E-state index in [0.717, 1.165) is 0 Å². The molecule has 0 saturated carbocycles. The third-order valence-corrected chi connectivity index (χ3v) is 3.02. The van der Waals surface area contributed by atoms with Gasteiger partial charge in [0.2, 0.25) is 0 Å². The molecule has 3 unspecified atom stereocenters. The smallest absolute Gasteiger partial charge is 0.0734 e. The van der Waals surface area contributed by atoms with E-state index in [1.807, 2.05) is 20.8 Å². The highest BCUT2D eigenvalue weighted by molar-refractivity contribution is 4.91. The van der Waals surface area contributed by atoms with Crippen LogP contribution in [0.5, 0.6) is 0 Å². The summed E-state index contributed by atoms with van der Waals surface area (Å²) >= 11 is 0. The maximum Gasteiger partial charge on any atom is 0.0734 e. The van der Waals surface area contributed by atoms with Gasteiger partial charge in [-0.25, -0.2) is 0 Å². The van der Waals surface area contributed by atoms with Crippen LogP contribution in [0, 0.1) is 5.92 Å². The molecule has 1 saturated heterocycles. The SMILES string of the molecule is CC1CC(O)(C(C)CN)CC(C)O1. The van der Waals surface area contributed by atoms with Crippen LogP contribution < -0.4 is 5.73 Å². The van der Waals surface area contributed by atoms with Crippen LogP contribution in [0.15, 0.2) is 0 Å². The summed E-state index contributed by atoms with van der Waals surface area (Å²) < 4.78 is 5.58. The first-order chi connectivity index (χ1) is 5.98. The van der Waals surface area contributed by atoms with Gasteiger partial charge in [-0.05, 0) is 26.3 Å². The van der Waals surface area contributed by atoms with Crippen molar-refractivity contribution >= 4 is 0 Å². The van der Waals surface area contributed by atoms with Gasteiger partial charge in [0.05, 0.1) is 17.8 Å². The first-order valence-corrected chi connectivity index (χ1v) is 5.06. The van der Waals surface area contributed by atoms with E-state index in [-0.39, 0.29) is 18.1 Å². The molecule has 1 aliphatic heterocycles. The number of aliphatic hydroxyl groups is 1. The first-order valence-electron chi connectivity index (χ1n) is 5.06. The lowest BCUT2D eigenvalue weighted by Gasteiger charge is -2.42. The number of ether oxygens (including phenoxy) is 1. The maximum atomic E-state index is 10.3. The highest BCUT2D eigenvalue weighted by atomic mass is 16.5. The zero-order valence-corrected chi connectivity index (χ0v) is 8.79. The Balaban J connectivity index is 2.66. The quantitative estimate of drug-likeness (QED) is 0.675. The van der Waals surface area contributed by atoms with Crippen LogP contribution in [-0.4, -0.2) is 29.5 Å². The van der Waals surface area contributed by atoms with Crippen molar-refractivity contribution in [3.05, 3.63) is 0 Å². The van der Waals surface area contributed by atoms with E-state index in [4.69, 9.17) is 10.5 Å². The van der Waals surface area contributed by atoms with Crippen LogP contribution >= 0.6 is 0 Å². The fourth-order valence-electron chi connectivity index (χ4n) is 2.19. The molecule has 1 heterocycles. The van der Waals surface area contributed by atoms with Crippen molar-refractivity contribution in [2.45, 2.75) is 51.4 Å². The standard InChI is InChI=1S/C10H21NO2/c1-7(6-11)10(12)4-8(2)13-9(3)5-10/h7-9,12H,4-6,11H2,1-3H3. The first kappa shape index (κ1) is 11.0. The number of hydrogen-bond acceptors (Lipinski definition) is 3. The van der Waals surface area contributed by atoms with Gasteiger partial charge in [0.25, 0.3) is 0 Å². The van der Waals surface area contributed by atoms with Gasteiger partial charge in [0.1, 0.15) is 0 Å². The molecule has 1 rings (SSSR count). The third kappa shape index (κ3) is 2.42. The maximum absolute atomic E-state index is 10.3. The molecule has 1 fully saturated rings. The van der Waals surface area contributed by atoms with Gasteiger partial charge >= 0.3 is 0 Å². The molecule has 0 aromatic heterocycles. The Morgan fingerprint density at radius 2 is 1.92 bits per heavy atom. The summed E-state index contributed by atoms with van der Waals surface area (Å²) in [7, 11) is 0. The zero-order valence-electron chi connectivity index (χ0n) is 8.79. The molecule has 0 aromatic carbocycles. The summed E-state index contributed by atoms with van der Waals surface area (Å²) in [6.07, 6.45) is 1.69. The molecule has 0 bridgehead atoms. The second kappa shape index (κ2) is 3.95. The van der Waals surface area contributed by atoms with Gasteiger partial charge in [0.15, 0.2) is 0 Å². The molecule has 0 amide bonds. The van der Waals surface area contributed by atoms with Crippen molar-refractivity contribution in [1.29, 1.82) is 0 Å². The highest BCUT2D eigenvalue weighted by Crippen LogP contribution is 2.34. The summed E-state index contributed by atoms with van der Waals surface area (Å²) in [5.74, 6) is 0.154. The summed E-state index contributed by atoms with van der Waals surface area (Å²) in [6, 6.07) is 0. The average molecular weight is 187 g/mol. The molecular weight excluding hydrogens is 166 g/mol. The molecule has 3 nitrogen and oxygen atoms in total. The minimum Gasteiger partial charge on any atom is -0.389 e. The molecule has 3 atom stereocenters. The molecule has 1 aliphatic rings. The molecule has 78 valence electrons. The molecule has 0 spiro atoms. The third-order valence-electron chi connectivity index (χ3n) is 3.02. The van der Waals surface area contributed by atoms with Crippen molar-refractivity contribution in [3.63, 3.8) is 0 Å². The molecule has 0 aromatic rings. The molecule has 3 heteroatoms. The van der Waals surface area contributed by atoms with Crippen molar-refractivity contribution in [1.82, 2.24) is 0 Å².